The summed E-state index contributed by atoms with van der Waals surface area (Å²) in [5, 5.41) is 13.1. The van der Waals surface area contributed by atoms with Crippen LogP contribution in [0.15, 0.2) is 54.6 Å². The number of hydrogen-bond donors (Lipinski definition) is 1. The van der Waals surface area contributed by atoms with Gasteiger partial charge in [-0.25, -0.2) is 0 Å². The Hall–Kier alpha value is -2.11. The standard InChI is InChI=1S/C17H16N2/c18-13-17(19-12-14-6-2-1-3-7-14)11-10-15-8-4-5-9-16(15)17/h1-9,19H,10-12H2. The number of rotatable bonds is 3. The van der Waals surface area contributed by atoms with Crippen molar-refractivity contribution >= 4 is 0 Å². The van der Waals surface area contributed by atoms with Crippen LogP contribution < -0.4 is 5.32 Å². The second-order valence-electron chi connectivity index (χ2n) is 5.01. The third kappa shape index (κ3) is 2.14. The smallest absolute Gasteiger partial charge is 0.133 e. The SMILES string of the molecule is N#CC1(NCc2ccccc2)CCc2ccccc21. The highest BCUT2D eigenvalue weighted by atomic mass is 15.0. The van der Waals surface area contributed by atoms with Gasteiger partial charge in [-0.15, -0.1) is 0 Å². The summed E-state index contributed by atoms with van der Waals surface area (Å²) in [5.41, 5.74) is 3.13. The van der Waals surface area contributed by atoms with Gasteiger partial charge in [0.15, 0.2) is 0 Å². The number of fused-ring (bicyclic) bond motifs is 1. The second-order valence-corrected chi connectivity index (χ2v) is 5.01. The van der Waals surface area contributed by atoms with Crippen LogP contribution in [0.1, 0.15) is 23.1 Å². The first-order chi connectivity index (χ1) is 9.34. The van der Waals surface area contributed by atoms with E-state index in [4.69, 9.17) is 0 Å². The summed E-state index contributed by atoms with van der Waals surface area (Å²) in [5.74, 6) is 0. The van der Waals surface area contributed by atoms with Gasteiger partial charge in [-0.3, -0.25) is 5.32 Å². The maximum Gasteiger partial charge on any atom is 0.133 e. The van der Waals surface area contributed by atoms with Crippen LogP contribution in [0.2, 0.25) is 0 Å². The summed E-state index contributed by atoms with van der Waals surface area (Å²) in [6.45, 7) is 0.725. The fourth-order valence-electron chi connectivity index (χ4n) is 2.80. The molecule has 1 atom stereocenters. The van der Waals surface area contributed by atoms with Gasteiger partial charge in [0.05, 0.1) is 6.07 Å². The highest BCUT2D eigenvalue weighted by molar-refractivity contribution is 5.43. The Morgan fingerprint density at radius 3 is 2.58 bits per heavy atom. The first-order valence-electron chi connectivity index (χ1n) is 6.63. The highest BCUT2D eigenvalue weighted by Crippen LogP contribution is 2.36. The van der Waals surface area contributed by atoms with E-state index in [1.54, 1.807) is 0 Å². The average molecular weight is 248 g/mol. The molecule has 0 fully saturated rings. The van der Waals surface area contributed by atoms with Crippen LogP contribution in [0.3, 0.4) is 0 Å². The predicted molar refractivity (Wildman–Crippen MR) is 75.3 cm³/mol. The third-order valence-corrected chi connectivity index (χ3v) is 3.87. The van der Waals surface area contributed by atoms with Gasteiger partial charge in [-0.1, -0.05) is 54.6 Å². The minimum absolute atomic E-state index is 0.521. The molecule has 94 valence electrons. The number of nitrogens with one attached hydrogen (secondary N) is 1. The zero-order chi connectivity index (χ0) is 13.1. The maximum absolute atomic E-state index is 9.63. The lowest BCUT2D eigenvalue weighted by atomic mass is 9.93. The fourth-order valence-corrected chi connectivity index (χ4v) is 2.80. The third-order valence-electron chi connectivity index (χ3n) is 3.87. The van der Waals surface area contributed by atoms with Gasteiger partial charge in [-0.05, 0) is 29.5 Å². The molecule has 1 unspecified atom stereocenters. The predicted octanol–water partition coefficient (Wildman–Crippen LogP) is 3.14. The van der Waals surface area contributed by atoms with Crippen molar-refractivity contribution in [3.8, 4) is 6.07 Å². The van der Waals surface area contributed by atoms with Crippen molar-refractivity contribution in [1.29, 1.82) is 5.26 Å². The van der Waals surface area contributed by atoms with Gasteiger partial charge in [0, 0.05) is 6.54 Å². The maximum atomic E-state index is 9.63. The second kappa shape index (κ2) is 4.87. The minimum Gasteiger partial charge on any atom is -0.292 e. The normalized spacial score (nSPS) is 20.8. The summed E-state index contributed by atoms with van der Waals surface area (Å²) in [4.78, 5) is 0. The number of hydrogen-bond acceptors (Lipinski definition) is 2. The molecule has 19 heavy (non-hydrogen) atoms. The Labute approximate surface area is 113 Å². The topological polar surface area (TPSA) is 35.8 Å². The van der Waals surface area contributed by atoms with Crippen molar-refractivity contribution in [2.45, 2.75) is 24.9 Å². The molecule has 3 rings (SSSR count). The Kier molecular flexibility index (Phi) is 3.06. The van der Waals surface area contributed by atoms with Gasteiger partial charge in [0.1, 0.15) is 5.54 Å². The lowest BCUT2D eigenvalue weighted by molar-refractivity contribution is 0.423. The molecule has 2 aromatic carbocycles. The Bertz CT molecular complexity index is 613. The molecule has 0 aromatic heterocycles. The highest BCUT2D eigenvalue weighted by Gasteiger charge is 2.38. The summed E-state index contributed by atoms with van der Waals surface area (Å²) in [6, 6.07) is 21.0. The molecule has 2 nitrogen and oxygen atoms in total. The van der Waals surface area contributed by atoms with Crippen LogP contribution >= 0.6 is 0 Å². The van der Waals surface area contributed by atoms with Crippen molar-refractivity contribution < 1.29 is 0 Å². The van der Waals surface area contributed by atoms with Crippen LogP contribution in [0.5, 0.6) is 0 Å². The van der Waals surface area contributed by atoms with Crippen molar-refractivity contribution in [3.05, 3.63) is 71.3 Å². The molecule has 0 saturated carbocycles. The van der Waals surface area contributed by atoms with E-state index < -0.39 is 5.54 Å². The van der Waals surface area contributed by atoms with E-state index in [0.29, 0.717) is 0 Å². The number of aryl methyl sites for hydroxylation is 1. The molecule has 2 aromatic rings. The lowest BCUT2D eigenvalue weighted by Crippen LogP contribution is -2.38. The van der Waals surface area contributed by atoms with Gasteiger partial charge in [0.2, 0.25) is 0 Å². The Balaban J connectivity index is 1.85. The number of benzene rings is 2. The van der Waals surface area contributed by atoms with Gasteiger partial charge < -0.3 is 0 Å². The molecule has 0 saturated heterocycles. The fraction of sp³-hybridized carbons (Fsp3) is 0.235. The van der Waals surface area contributed by atoms with Crippen molar-refractivity contribution in [1.82, 2.24) is 5.32 Å². The molecule has 1 aliphatic rings. The zero-order valence-corrected chi connectivity index (χ0v) is 10.8. The molecule has 2 heteroatoms. The lowest BCUT2D eigenvalue weighted by Gasteiger charge is -2.24. The molecular formula is C17H16N2. The molecule has 1 N–H and O–H groups in total. The average Bonchev–Trinajstić information content (AvgIpc) is 2.86. The summed E-state index contributed by atoms with van der Waals surface area (Å²) in [6.07, 6.45) is 1.83. The molecule has 0 spiro atoms. The summed E-state index contributed by atoms with van der Waals surface area (Å²) >= 11 is 0. The van der Waals surface area contributed by atoms with Gasteiger partial charge in [0.25, 0.3) is 0 Å². The first-order valence-corrected chi connectivity index (χ1v) is 6.63. The molecule has 0 bridgehead atoms. The number of nitriles is 1. The molecule has 1 aliphatic carbocycles. The van der Waals surface area contributed by atoms with Crippen LogP contribution in [0.25, 0.3) is 0 Å². The summed E-state index contributed by atoms with van der Waals surface area (Å²) in [7, 11) is 0. The quantitative estimate of drug-likeness (QED) is 0.905. The molecule has 0 aliphatic heterocycles. The first kappa shape index (κ1) is 12.0. The van der Waals surface area contributed by atoms with Crippen molar-refractivity contribution in [2.75, 3.05) is 0 Å². The van der Waals surface area contributed by atoms with E-state index in [9.17, 15) is 5.26 Å². The molecule has 0 amide bonds. The van der Waals surface area contributed by atoms with E-state index in [1.807, 2.05) is 30.3 Å². The van der Waals surface area contributed by atoms with Crippen molar-refractivity contribution in [2.24, 2.45) is 0 Å². The Morgan fingerprint density at radius 2 is 1.79 bits per heavy atom. The van der Waals surface area contributed by atoms with E-state index in [0.717, 1.165) is 24.9 Å². The van der Waals surface area contributed by atoms with E-state index in [1.165, 1.54) is 11.1 Å². The molecule has 0 radical (unpaired) electrons. The Morgan fingerprint density at radius 1 is 1.05 bits per heavy atom. The van der Waals surface area contributed by atoms with Crippen molar-refractivity contribution in [3.63, 3.8) is 0 Å². The minimum atomic E-state index is -0.521. The molecule has 0 heterocycles. The molecular weight excluding hydrogens is 232 g/mol. The van der Waals surface area contributed by atoms with Crippen LogP contribution in [0.4, 0.5) is 0 Å². The van der Waals surface area contributed by atoms with Crippen LogP contribution in [0, 0.1) is 11.3 Å². The monoisotopic (exact) mass is 248 g/mol. The van der Waals surface area contributed by atoms with Gasteiger partial charge >= 0.3 is 0 Å². The van der Waals surface area contributed by atoms with E-state index in [-0.39, 0.29) is 0 Å². The number of nitrogens with zero attached hydrogens (tertiary/aromatic N) is 1. The van der Waals surface area contributed by atoms with Gasteiger partial charge in [-0.2, -0.15) is 5.26 Å². The largest absolute Gasteiger partial charge is 0.292 e. The van der Waals surface area contributed by atoms with Crippen LogP contribution in [-0.2, 0) is 18.5 Å². The van der Waals surface area contributed by atoms with E-state index in [2.05, 4.69) is 35.7 Å². The van der Waals surface area contributed by atoms with E-state index >= 15 is 0 Å². The summed E-state index contributed by atoms with van der Waals surface area (Å²) < 4.78 is 0. The van der Waals surface area contributed by atoms with Crippen LogP contribution in [-0.4, -0.2) is 0 Å². The zero-order valence-electron chi connectivity index (χ0n) is 10.8.